The quantitative estimate of drug-likeness (QED) is 0.498. The van der Waals surface area contributed by atoms with Gasteiger partial charge in [0, 0.05) is 13.1 Å². The maximum absolute atomic E-state index is 11.8. The largest absolute Gasteiger partial charge is 0.293 e. The van der Waals surface area contributed by atoms with E-state index in [1.54, 1.807) is 7.05 Å². The van der Waals surface area contributed by atoms with Crippen LogP contribution in [0.2, 0.25) is 5.15 Å². The summed E-state index contributed by atoms with van der Waals surface area (Å²) in [6.45, 7) is 2.76. The van der Waals surface area contributed by atoms with Crippen molar-refractivity contribution in [2.45, 2.75) is 58.3 Å². The van der Waals surface area contributed by atoms with Gasteiger partial charge in [-0.2, -0.15) is 5.10 Å². The van der Waals surface area contributed by atoms with Crippen molar-refractivity contribution in [1.82, 2.24) is 15.3 Å². The van der Waals surface area contributed by atoms with Crippen molar-refractivity contribution in [3.63, 3.8) is 0 Å². The number of rotatable bonds is 11. The topological polar surface area (TPSA) is 56.1 Å². The van der Waals surface area contributed by atoms with E-state index in [4.69, 9.17) is 16.4 Å². The SMILES string of the molecule is CCCCCCCCCCONC(=O)c1cc(Cl)nn1C. The second kappa shape index (κ2) is 10.6. The fraction of sp³-hybridized carbons (Fsp3) is 0.733. The molecule has 0 bridgehead atoms. The number of carbonyl (C=O) groups is 1. The Morgan fingerprint density at radius 1 is 1.24 bits per heavy atom. The molecule has 1 heterocycles. The highest BCUT2D eigenvalue weighted by Gasteiger charge is 2.12. The molecule has 0 aliphatic carbocycles. The van der Waals surface area contributed by atoms with Crippen LogP contribution in [-0.2, 0) is 11.9 Å². The van der Waals surface area contributed by atoms with Gasteiger partial charge in [0.25, 0.3) is 5.91 Å². The van der Waals surface area contributed by atoms with Gasteiger partial charge in [-0.15, -0.1) is 0 Å². The van der Waals surface area contributed by atoms with Crippen LogP contribution < -0.4 is 5.48 Å². The number of nitrogens with one attached hydrogen (secondary N) is 1. The van der Waals surface area contributed by atoms with Crippen LogP contribution in [0.1, 0.15) is 68.8 Å². The summed E-state index contributed by atoms with van der Waals surface area (Å²) in [6.07, 6.45) is 9.92. The van der Waals surface area contributed by atoms with E-state index in [0.29, 0.717) is 17.5 Å². The molecule has 0 spiro atoms. The van der Waals surface area contributed by atoms with E-state index in [9.17, 15) is 4.79 Å². The minimum atomic E-state index is -0.323. The second-order valence-electron chi connectivity index (χ2n) is 5.23. The molecule has 0 saturated heterocycles. The average Bonchev–Trinajstić information content (AvgIpc) is 2.79. The standard InChI is InChI=1S/C15H26ClN3O2/c1-3-4-5-6-7-8-9-10-11-21-18-15(20)13-12-14(16)17-19(13)2/h12H,3-11H2,1-2H3,(H,18,20). The van der Waals surface area contributed by atoms with Crippen LogP contribution in [-0.4, -0.2) is 22.3 Å². The van der Waals surface area contributed by atoms with Gasteiger partial charge >= 0.3 is 0 Å². The molecule has 0 atom stereocenters. The highest BCUT2D eigenvalue weighted by Crippen LogP contribution is 2.09. The van der Waals surface area contributed by atoms with Crippen molar-refractivity contribution in [3.05, 3.63) is 16.9 Å². The maximum atomic E-state index is 11.8. The molecule has 1 aromatic heterocycles. The monoisotopic (exact) mass is 315 g/mol. The molecule has 120 valence electrons. The molecular formula is C15H26ClN3O2. The van der Waals surface area contributed by atoms with Gasteiger partial charge in [0.15, 0.2) is 5.15 Å². The number of halogens is 1. The van der Waals surface area contributed by atoms with Gasteiger partial charge in [0.05, 0.1) is 6.61 Å². The zero-order chi connectivity index (χ0) is 15.5. The predicted molar refractivity (Wildman–Crippen MR) is 84.2 cm³/mol. The molecule has 0 radical (unpaired) electrons. The number of aryl methyl sites for hydroxylation is 1. The molecule has 0 unspecified atom stereocenters. The summed E-state index contributed by atoms with van der Waals surface area (Å²) in [7, 11) is 1.67. The molecule has 1 aromatic rings. The first kappa shape index (κ1) is 18.0. The number of nitrogens with zero attached hydrogens (tertiary/aromatic N) is 2. The van der Waals surface area contributed by atoms with Crippen LogP contribution in [0, 0.1) is 0 Å². The van der Waals surface area contributed by atoms with Crippen molar-refractivity contribution >= 4 is 17.5 Å². The van der Waals surface area contributed by atoms with Crippen molar-refractivity contribution in [1.29, 1.82) is 0 Å². The summed E-state index contributed by atoms with van der Waals surface area (Å²) >= 11 is 5.72. The first-order valence-electron chi connectivity index (χ1n) is 7.76. The number of hydrogen-bond acceptors (Lipinski definition) is 3. The lowest BCUT2D eigenvalue weighted by Gasteiger charge is -2.06. The first-order chi connectivity index (χ1) is 10.1. The zero-order valence-corrected chi connectivity index (χ0v) is 13.8. The fourth-order valence-electron chi connectivity index (χ4n) is 2.12. The molecule has 0 aliphatic rings. The van der Waals surface area contributed by atoms with Gasteiger partial charge in [-0.1, -0.05) is 63.5 Å². The Balaban J connectivity index is 1.99. The Hall–Kier alpha value is -1.07. The van der Waals surface area contributed by atoms with E-state index in [1.165, 1.54) is 49.3 Å². The van der Waals surface area contributed by atoms with Crippen LogP contribution in [0.4, 0.5) is 0 Å². The normalized spacial score (nSPS) is 10.8. The molecule has 0 aliphatic heterocycles. The Bertz CT molecular complexity index is 421. The molecule has 6 heteroatoms. The molecule has 1 amide bonds. The number of unbranched alkanes of at least 4 members (excludes halogenated alkanes) is 7. The number of aromatic nitrogens is 2. The maximum Gasteiger partial charge on any atom is 0.293 e. The van der Waals surface area contributed by atoms with Crippen LogP contribution >= 0.6 is 11.6 Å². The van der Waals surface area contributed by atoms with Crippen molar-refractivity contribution in [2.24, 2.45) is 7.05 Å². The van der Waals surface area contributed by atoms with E-state index < -0.39 is 0 Å². The zero-order valence-electron chi connectivity index (χ0n) is 13.0. The lowest BCUT2D eigenvalue weighted by atomic mass is 10.1. The van der Waals surface area contributed by atoms with E-state index in [-0.39, 0.29) is 5.91 Å². The molecule has 0 aromatic carbocycles. The highest BCUT2D eigenvalue weighted by atomic mass is 35.5. The van der Waals surface area contributed by atoms with E-state index >= 15 is 0 Å². The van der Waals surface area contributed by atoms with Gasteiger partial charge in [-0.25, -0.2) is 5.48 Å². The minimum Gasteiger partial charge on any atom is -0.273 e. The van der Waals surface area contributed by atoms with Crippen LogP contribution in [0.3, 0.4) is 0 Å². The van der Waals surface area contributed by atoms with Gasteiger partial charge in [-0.3, -0.25) is 14.3 Å². The molecule has 21 heavy (non-hydrogen) atoms. The van der Waals surface area contributed by atoms with Gasteiger partial charge in [-0.05, 0) is 6.42 Å². The van der Waals surface area contributed by atoms with Crippen LogP contribution in [0.15, 0.2) is 6.07 Å². The Kier molecular flexibility index (Phi) is 9.10. The highest BCUT2D eigenvalue weighted by molar-refractivity contribution is 6.29. The summed E-state index contributed by atoms with van der Waals surface area (Å²) in [5, 5.41) is 4.19. The molecular weight excluding hydrogens is 290 g/mol. The summed E-state index contributed by atoms with van der Waals surface area (Å²) in [5.74, 6) is -0.323. The van der Waals surface area contributed by atoms with Gasteiger partial charge in [0.2, 0.25) is 0 Å². The number of carbonyl (C=O) groups excluding carboxylic acids is 1. The van der Waals surface area contributed by atoms with Gasteiger partial charge < -0.3 is 0 Å². The smallest absolute Gasteiger partial charge is 0.273 e. The summed E-state index contributed by atoms with van der Waals surface area (Å²) in [5.41, 5.74) is 2.80. The Morgan fingerprint density at radius 2 is 1.86 bits per heavy atom. The lowest BCUT2D eigenvalue weighted by molar-refractivity contribution is 0.0289. The van der Waals surface area contributed by atoms with Crippen LogP contribution in [0.5, 0.6) is 0 Å². The number of hydrogen-bond donors (Lipinski definition) is 1. The average molecular weight is 316 g/mol. The van der Waals surface area contributed by atoms with E-state index in [0.717, 1.165) is 12.8 Å². The first-order valence-corrected chi connectivity index (χ1v) is 8.14. The summed E-state index contributed by atoms with van der Waals surface area (Å²) in [6, 6.07) is 1.51. The minimum absolute atomic E-state index is 0.297. The third kappa shape index (κ3) is 7.48. The molecule has 1 rings (SSSR count). The lowest BCUT2D eigenvalue weighted by Crippen LogP contribution is -2.26. The molecule has 0 saturated carbocycles. The summed E-state index contributed by atoms with van der Waals surface area (Å²) in [4.78, 5) is 16.9. The third-order valence-corrected chi connectivity index (χ3v) is 3.53. The number of hydroxylamine groups is 1. The molecule has 5 nitrogen and oxygen atoms in total. The predicted octanol–water partition coefficient (Wildman–Crippen LogP) is 3.88. The molecule has 0 fully saturated rings. The third-order valence-electron chi connectivity index (χ3n) is 3.35. The summed E-state index contributed by atoms with van der Waals surface area (Å²) < 4.78 is 1.43. The van der Waals surface area contributed by atoms with Crippen molar-refractivity contribution in [3.8, 4) is 0 Å². The number of amides is 1. The van der Waals surface area contributed by atoms with Crippen LogP contribution in [0.25, 0.3) is 0 Å². The second-order valence-corrected chi connectivity index (χ2v) is 5.62. The van der Waals surface area contributed by atoms with Crippen molar-refractivity contribution in [2.75, 3.05) is 6.61 Å². The Labute approximate surface area is 132 Å². The van der Waals surface area contributed by atoms with E-state index in [2.05, 4.69) is 17.5 Å². The van der Waals surface area contributed by atoms with E-state index in [1.807, 2.05) is 0 Å². The fourth-order valence-corrected chi connectivity index (χ4v) is 2.34. The van der Waals surface area contributed by atoms with Gasteiger partial charge in [0.1, 0.15) is 5.69 Å². The Morgan fingerprint density at radius 3 is 2.43 bits per heavy atom. The van der Waals surface area contributed by atoms with Crippen molar-refractivity contribution < 1.29 is 9.63 Å². The molecule has 1 N–H and O–H groups in total.